The van der Waals surface area contributed by atoms with Crippen LogP contribution >= 0.6 is 0 Å². The van der Waals surface area contributed by atoms with Crippen molar-refractivity contribution in [2.45, 2.75) is 45.6 Å². The van der Waals surface area contributed by atoms with Gasteiger partial charge in [0.1, 0.15) is 6.10 Å². The monoisotopic (exact) mass is 418 g/mol. The van der Waals surface area contributed by atoms with Crippen LogP contribution in [-0.2, 0) is 9.16 Å². The number of ether oxygens (including phenoxy) is 1. The highest BCUT2D eigenvalue weighted by Crippen LogP contribution is 2.17. The molecule has 1 unspecified atom stereocenters. The summed E-state index contributed by atoms with van der Waals surface area (Å²) < 4.78 is 12.4. The zero-order chi connectivity index (χ0) is 21.7. The van der Waals surface area contributed by atoms with Crippen molar-refractivity contribution in [3.63, 3.8) is 0 Å². The SMILES string of the molecule is C=CC/C(=C/[Si](OC(C)C#CCCCC)(c1ccccc1)c1ccccc1)COC. The Balaban J connectivity index is 2.61. The van der Waals surface area contributed by atoms with E-state index in [-0.39, 0.29) is 6.10 Å². The first-order valence-electron chi connectivity index (χ1n) is 10.7. The van der Waals surface area contributed by atoms with Gasteiger partial charge in [0, 0.05) is 13.5 Å². The zero-order valence-corrected chi connectivity index (χ0v) is 19.6. The van der Waals surface area contributed by atoms with E-state index >= 15 is 0 Å². The third kappa shape index (κ3) is 6.85. The number of rotatable bonds is 11. The Bertz CT molecular complexity index is 807. The van der Waals surface area contributed by atoms with E-state index in [9.17, 15) is 0 Å². The van der Waals surface area contributed by atoms with E-state index in [0.29, 0.717) is 6.61 Å². The highest BCUT2D eigenvalue weighted by Gasteiger charge is 2.39. The topological polar surface area (TPSA) is 18.5 Å². The molecule has 0 aliphatic carbocycles. The van der Waals surface area contributed by atoms with E-state index in [1.807, 2.05) is 18.2 Å². The van der Waals surface area contributed by atoms with Crippen molar-refractivity contribution >= 4 is 18.7 Å². The number of hydrogen-bond donors (Lipinski definition) is 0. The summed E-state index contributed by atoms with van der Waals surface area (Å²) in [6.45, 7) is 8.73. The molecule has 0 fully saturated rings. The molecular weight excluding hydrogens is 384 g/mol. The average molecular weight is 419 g/mol. The van der Waals surface area contributed by atoms with Crippen molar-refractivity contribution in [3.8, 4) is 11.8 Å². The van der Waals surface area contributed by atoms with Crippen LogP contribution < -0.4 is 10.4 Å². The molecule has 0 radical (unpaired) electrons. The van der Waals surface area contributed by atoms with E-state index in [4.69, 9.17) is 9.16 Å². The van der Waals surface area contributed by atoms with Gasteiger partial charge in [-0.3, -0.25) is 0 Å². The molecule has 0 spiro atoms. The Kier molecular flexibility index (Phi) is 10.4. The van der Waals surface area contributed by atoms with Crippen LogP contribution in [0.25, 0.3) is 0 Å². The quantitative estimate of drug-likeness (QED) is 0.220. The summed E-state index contributed by atoms with van der Waals surface area (Å²) in [5, 5.41) is 2.41. The Morgan fingerprint density at radius 1 is 1.07 bits per heavy atom. The van der Waals surface area contributed by atoms with Crippen molar-refractivity contribution in [2.24, 2.45) is 0 Å². The molecule has 3 heteroatoms. The summed E-state index contributed by atoms with van der Waals surface area (Å²) in [6.07, 6.45) is 5.71. The van der Waals surface area contributed by atoms with E-state index in [0.717, 1.165) is 25.7 Å². The van der Waals surface area contributed by atoms with E-state index in [2.05, 4.69) is 86.5 Å². The highest BCUT2D eigenvalue weighted by atomic mass is 28.4. The fraction of sp³-hybridized carbons (Fsp3) is 0.333. The van der Waals surface area contributed by atoms with Gasteiger partial charge in [0.25, 0.3) is 8.32 Å². The molecule has 0 amide bonds. The van der Waals surface area contributed by atoms with Crippen molar-refractivity contribution < 1.29 is 9.16 Å². The molecular formula is C27H34O2Si. The maximum Gasteiger partial charge on any atom is 0.282 e. The smallest absolute Gasteiger partial charge is 0.282 e. The molecule has 2 aromatic rings. The molecule has 0 saturated carbocycles. The lowest BCUT2D eigenvalue weighted by molar-refractivity contribution is 0.224. The van der Waals surface area contributed by atoms with Crippen LogP contribution in [0.5, 0.6) is 0 Å². The Morgan fingerprint density at radius 3 is 2.17 bits per heavy atom. The Labute approximate surface area is 183 Å². The second-order valence-corrected chi connectivity index (χ2v) is 10.5. The lowest BCUT2D eigenvalue weighted by Gasteiger charge is -2.32. The van der Waals surface area contributed by atoms with Gasteiger partial charge in [-0.15, -0.1) is 12.5 Å². The lowest BCUT2D eigenvalue weighted by atomic mass is 10.2. The summed E-state index contributed by atoms with van der Waals surface area (Å²) in [6, 6.07) is 21.1. The summed E-state index contributed by atoms with van der Waals surface area (Å²) in [5.41, 5.74) is 3.51. The molecule has 2 nitrogen and oxygen atoms in total. The van der Waals surface area contributed by atoms with Gasteiger partial charge in [-0.1, -0.05) is 91.7 Å². The minimum absolute atomic E-state index is 0.169. The molecule has 0 heterocycles. The molecule has 0 aromatic heterocycles. The summed E-state index contributed by atoms with van der Waals surface area (Å²) in [5.74, 6) is 6.63. The number of benzene rings is 2. The average Bonchev–Trinajstić information content (AvgIpc) is 2.78. The molecule has 0 N–H and O–H groups in total. The summed E-state index contributed by atoms with van der Waals surface area (Å²) in [7, 11) is -0.979. The fourth-order valence-corrected chi connectivity index (χ4v) is 7.26. The van der Waals surface area contributed by atoms with Crippen molar-refractivity contribution in [3.05, 3.63) is 84.6 Å². The second-order valence-electron chi connectivity index (χ2n) is 7.38. The number of allylic oxidation sites excluding steroid dienone is 1. The molecule has 0 aliphatic rings. The third-order valence-electron chi connectivity index (χ3n) is 4.87. The minimum atomic E-state index is -2.71. The van der Waals surface area contributed by atoms with Gasteiger partial charge in [-0.2, -0.15) is 0 Å². The number of methoxy groups -OCH3 is 1. The maximum absolute atomic E-state index is 6.91. The van der Waals surface area contributed by atoms with Gasteiger partial charge >= 0.3 is 0 Å². The normalized spacial score (nSPS) is 12.7. The number of unbranched alkanes of at least 4 members (excludes halogenated alkanes) is 2. The zero-order valence-electron chi connectivity index (χ0n) is 18.6. The van der Waals surface area contributed by atoms with Gasteiger partial charge in [0.2, 0.25) is 0 Å². The van der Waals surface area contributed by atoms with Gasteiger partial charge < -0.3 is 9.16 Å². The summed E-state index contributed by atoms with van der Waals surface area (Å²) in [4.78, 5) is 0. The van der Waals surface area contributed by atoms with Crippen LogP contribution in [0.3, 0.4) is 0 Å². The molecule has 0 aliphatic heterocycles. The van der Waals surface area contributed by atoms with Crippen LogP contribution in [0.2, 0.25) is 0 Å². The van der Waals surface area contributed by atoms with E-state index < -0.39 is 8.32 Å². The predicted octanol–water partition coefficient (Wildman–Crippen LogP) is 5.03. The molecule has 30 heavy (non-hydrogen) atoms. The van der Waals surface area contributed by atoms with E-state index in [1.165, 1.54) is 15.9 Å². The molecule has 158 valence electrons. The Hall–Kier alpha value is -2.38. The third-order valence-corrected chi connectivity index (χ3v) is 8.79. The van der Waals surface area contributed by atoms with Gasteiger partial charge in [0.15, 0.2) is 0 Å². The van der Waals surface area contributed by atoms with E-state index in [1.54, 1.807) is 7.11 Å². The summed E-state index contributed by atoms with van der Waals surface area (Å²) >= 11 is 0. The highest BCUT2D eigenvalue weighted by molar-refractivity contribution is 7.01. The van der Waals surface area contributed by atoms with Gasteiger partial charge in [0.05, 0.1) is 6.61 Å². The van der Waals surface area contributed by atoms with Crippen LogP contribution in [-0.4, -0.2) is 28.1 Å². The van der Waals surface area contributed by atoms with Crippen molar-refractivity contribution in [1.82, 2.24) is 0 Å². The van der Waals surface area contributed by atoms with Crippen molar-refractivity contribution in [1.29, 1.82) is 0 Å². The lowest BCUT2D eigenvalue weighted by Crippen LogP contribution is -2.61. The van der Waals surface area contributed by atoms with Crippen LogP contribution in [0.4, 0.5) is 0 Å². The molecule has 0 saturated heterocycles. The predicted molar refractivity (Wildman–Crippen MR) is 131 cm³/mol. The van der Waals surface area contributed by atoms with Crippen LogP contribution in [0, 0.1) is 11.8 Å². The first-order chi connectivity index (χ1) is 14.7. The fourth-order valence-electron chi connectivity index (χ4n) is 3.48. The van der Waals surface area contributed by atoms with Gasteiger partial charge in [-0.05, 0) is 35.7 Å². The molecule has 2 rings (SSSR count). The van der Waals surface area contributed by atoms with Crippen LogP contribution in [0.1, 0.15) is 39.5 Å². The van der Waals surface area contributed by atoms with Crippen molar-refractivity contribution in [2.75, 3.05) is 13.7 Å². The largest absolute Gasteiger partial charge is 0.391 e. The maximum atomic E-state index is 6.91. The standard InChI is InChI=1S/C27H34O2Si/c1-5-7-8-11-17-24(3)29-30(26-18-12-9-13-19-26,27-20-14-10-15-21-27)23-25(16-6-2)22-28-4/h6,9-10,12-15,18-21,23-24H,2,5,7-8,16,22H2,1,3-4H3/b25-23-. The Morgan fingerprint density at radius 2 is 1.67 bits per heavy atom. The first-order valence-corrected chi connectivity index (χ1v) is 12.7. The number of hydrogen-bond acceptors (Lipinski definition) is 2. The molecule has 2 aromatic carbocycles. The van der Waals surface area contributed by atoms with Gasteiger partial charge in [-0.25, -0.2) is 0 Å². The molecule has 0 bridgehead atoms. The van der Waals surface area contributed by atoms with Crippen LogP contribution in [0.15, 0.2) is 84.6 Å². The minimum Gasteiger partial charge on any atom is -0.391 e. The second kappa shape index (κ2) is 13.0. The first kappa shape index (κ1) is 23.9. The molecule has 1 atom stereocenters.